The molecule has 1 N–H and O–H groups in total. The van der Waals surface area contributed by atoms with Gasteiger partial charge in [0.15, 0.2) is 5.78 Å². The van der Waals surface area contributed by atoms with E-state index in [-0.39, 0.29) is 47.9 Å². The van der Waals surface area contributed by atoms with Crippen LogP contribution in [0.15, 0.2) is 77.9 Å². The Balaban J connectivity index is 0.000000289. The van der Waals surface area contributed by atoms with Gasteiger partial charge in [-0.1, -0.05) is 116 Å². The summed E-state index contributed by atoms with van der Waals surface area (Å²) in [6.07, 6.45) is 4.75. The van der Waals surface area contributed by atoms with Crippen LogP contribution in [0.5, 0.6) is 0 Å². The summed E-state index contributed by atoms with van der Waals surface area (Å²) in [6, 6.07) is 25.6. The van der Waals surface area contributed by atoms with Crippen LogP contribution in [0.1, 0.15) is 104 Å². The normalized spacial score (nSPS) is 12.6. The molecule has 6 aromatic rings. The molecule has 1 radical (unpaired) electrons. The molecule has 3 aromatic carbocycles. The van der Waals surface area contributed by atoms with Gasteiger partial charge in [-0.25, -0.2) is 0 Å². The van der Waals surface area contributed by atoms with Gasteiger partial charge in [0.1, 0.15) is 10.6 Å². The average Bonchev–Trinajstić information content (AvgIpc) is 3.67. The maximum atomic E-state index is 12.2. The van der Waals surface area contributed by atoms with Crippen LogP contribution in [0.3, 0.4) is 0 Å². The Bertz CT molecular complexity index is 2220. The second-order valence-electron chi connectivity index (χ2n) is 15.5. The number of pyridine rings is 1. The number of ketones is 1. The summed E-state index contributed by atoms with van der Waals surface area (Å²) in [5, 5.41) is 17.4. The Morgan fingerprint density at radius 1 is 0.846 bits per heavy atom. The summed E-state index contributed by atoms with van der Waals surface area (Å²) in [5.74, 6) is 0.286. The van der Waals surface area contributed by atoms with Crippen molar-refractivity contribution in [3.05, 3.63) is 99.9 Å². The fraction of sp³-hybridized carbons (Fsp3) is 0.391. The predicted octanol–water partition coefficient (Wildman–Crippen LogP) is 14.4. The van der Waals surface area contributed by atoms with Gasteiger partial charge in [-0.15, -0.1) is 51.8 Å². The van der Waals surface area contributed by atoms with Gasteiger partial charge in [0, 0.05) is 68.6 Å². The number of carbonyl (C=O) groups excluding carboxylic acids is 1. The molecule has 3 aromatic heterocycles. The number of aryl methyl sites for hydroxylation is 2. The Morgan fingerprint density at radius 2 is 1.44 bits per heavy atom. The number of thiophene rings is 2. The second-order valence-corrected chi connectivity index (χ2v) is 17.6. The van der Waals surface area contributed by atoms with Crippen LogP contribution in [-0.2, 0) is 30.3 Å². The first-order valence-corrected chi connectivity index (χ1v) is 20.1. The molecule has 6 rings (SSSR count). The first-order valence-electron chi connectivity index (χ1n) is 18.4. The van der Waals surface area contributed by atoms with Crippen molar-refractivity contribution in [2.45, 2.75) is 107 Å². The van der Waals surface area contributed by atoms with E-state index in [1.165, 1.54) is 54.1 Å². The summed E-state index contributed by atoms with van der Waals surface area (Å²) in [6.45, 7) is 23.4. The first kappa shape index (κ1) is 41.6. The van der Waals surface area contributed by atoms with E-state index >= 15 is 0 Å². The predicted molar refractivity (Wildman–Crippen MR) is 223 cm³/mol. The van der Waals surface area contributed by atoms with Crippen LogP contribution in [0.4, 0.5) is 0 Å². The maximum Gasteiger partial charge on any atom is 0.164 e. The SMILES string of the molecule is CCC(C)(CC)C(=O)/C=C(\O)C(C)(CC)CC.Cc1sc2ccccc2c1-c1cc(-c2[c-]c3ccccc3c(C(C)(C)C)c2)nc2scc(C)c12.[Ir]. The van der Waals surface area contributed by atoms with E-state index in [1.54, 1.807) is 11.3 Å². The van der Waals surface area contributed by atoms with Crippen LogP contribution in [0.2, 0.25) is 0 Å². The van der Waals surface area contributed by atoms with E-state index in [4.69, 9.17) is 4.98 Å². The largest absolute Gasteiger partial charge is 0.512 e. The van der Waals surface area contributed by atoms with Crippen LogP contribution >= 0.6 is 22.7 Å². The van der Waals surface area contributed by atoms with Crippen LogP contribution in [0, 0.1) is 30.7 Å². The fourth-order valence-electron chi connectivity index (χ4n) is 6.70. The molecule has 0 aliphatic rings. The van der Waals surface area contributed by atoms with Crippen molar-refractivity contribution in [2.24, 2.45) is 10.8 Å². The van der Waals surface area contributed by atoms with E-state index in [1.807, 2.05) is 52.9 Å². The quantitative estimate of drug-likeness (QED) is 0.0893. The van der Waals surface area contributed by atoms with Crippen molar-refractivity contribution in [1.82, 2.24) is 4.98 Å². The van der Waals surface area contributed by atoms with Crippen molar-refractivity contribution in [3.8, 4) is 22.4 Å². The number of hydrogen-bond donors (Lipinski definition) is 1. The first-order chi connectivity index (χ1) is 24.1. The molecule has 0 fully saturated rings. The van der Waals surface area contributed by atoms with Gasteiger partial charge < -0.3 is 5.11 Å². The number of hydrogen-bond acceptors (Lipinski definition) is 5. The van der Waals surface area contributed by atoms with Gasteiger partial charge in [0.25, 0.3) is 0 Å². The molecule has 0 saturated carbocycles. The number of aliphatic hydroxyl groups is 1. The second kappa shape index (κ2) is 16.5. The van der Waals surface area contributed by atoms with E-state index < -0.39 is 0 Å². The van der Waals surface area contributed by atoms with E-state index in [2.05, 4.69) is 107 Å². The molecular formula is C46H54IrNO2S2-. The summed E-state index contributed by atoms with van der Waals surface area (Å²) in [5.41, 5.74) is 6.73. The fourth-order valence-corrected chi connectivity index (χ4v) is 8.73. The number of rotatable bonds is 9. The number of nitrogens with zero attached hydrogens (tertiary/aromatic N) is 1. The number of allylic oxidation sites excluding steroid dienone is 2. The maximum absolute atomic E-state index is 12.2. The zero-order valence-electron chi connectivity index (χ0n) is 32.7. The molecule has 277 valence electrons. The van der Waals surface area contributed by atoms with E-state index in [0.717, 1.165) is 47.2 Å². The smallest absolute Gasteiger partial charge is 0.164 e. The molecule has 6 heteroatoms. The Hall–Kier alpha value is -3.15. The minimum absolute atomic E-state index is 0. The number of carbonyl (C=O) groups is 1. The molecule has 0 unspecified atom stereocenters. The molecule has 0 spiro atoms. The standard InChI is InChI=1S/C31H26NS2.C15H28O2.Ir/c1-18-17-33-30-28(18)24(29-19(2)34-27-13-9-8-12-23(27)29)16-26(32-30)21-14-20-10-6-7-11-22(20)25(15-21)31(3,4)5;1-7-14(5,8-2)12(16)11-13(17)15(6,9-3)10-4;/h6-13,15-17H,1-5H3;11,16H,7-10H2,1-6H3;/q-1;;/b;12-11-;. The molecule has 0 aliphatic heterocycles. The molecule has 0 aliphatic carbocycles. The van der Waals surface area contributed by atoms with Crippen molar-refractivity contribution in [2.75, 3.05) is 0 Å². The molecule has 0 atom stereocenters. The van der Waals surface area contributed by atoms with Crippen molar-refractivity contribution >= 4 is 59.5 Å². The van der Waals surface area contributed by atoms with Crippen molar-refractivity contribution < 1.29 is 30.0 Å². The van der Waals surface area contributed by atoms with Gasteiger partial charge in [0.2, 0.25) is 0 Å². The molecule has 3 nitrogen and oxygen atoms in total. The van der Waals surface area contributed by atoms with Gasteiger partial charge >= 0.3 is 0 Å². The number of benzene rings is 3. The van der Waals surface area contributed by atoms with Crippen molar-refractivity contribution in [3.63, 3.8) is 0 Å². The summed E-state index contributed by atoms with van der Waals surface area (Å²) in [7, 11) is 0. The summed E-state index contributed by atoms with van der Waals surface area (Å²) < 4.78 is 1.33. The number of fused-ring (bicyclic) bond motifs is 3. The average molecular weight is 909 g/mol. The van der Waals surface area contributed by atoms with Gasteiger partial charge in [-0.05, 0) is 67.5 Å². The van der Waals surface area contributed by atoms with E-state index in [0.29, 0.717) is 0 Å². The Morgan fingerprint density at radius 3 is 2.06 bits per heavy atom. The zero-order chi connectivity index (χ0) is 37.3. The van der Waals surface area contributed by atoms with Crippen molar-refractivity contribution in [1.29, 1.82) is 0 Å². The topological polar surface area (TPSA) is 50.2 Å². The monoisotopic (exact) mass is 909 g/mol. The molecule has 0 amide bonds. The molecule has 0 bridgehead atoms. The molecular weight excluding hydrogens is 855 g/mol. The third kappa shape index (κ3) is 8.16. The number of aromatic nitrogens is 1. The zero-order valence-corrected chi connectivity index (χ0v) is 36.7. The third-order valence-corrected chi connectivity index (χ3v) is 13.3. The van der Waals surface area contributed by atoms with Crippen LogP contribution < -0.4 is 0 Å². The minimum Gasteiger partial charge on any atom is -0.512 e. The number of aliphatic hydroxyl groups excluding tert-OH is 1. The summed E-state index contributed by atoms with van der Waals surface area (Å²) >= 11 is 3.61. The van der Waals surface area contributed by atoms with Crippen LogP contribution in [0.25, 0.3) is 53.5 Å². The van der Waals surface area contributed by atoms with Gasteiger partial charge in [-0.3, -0.25) is 9.78 Å². The Labute approximate surface area is 333 Å². The van der Waals surface area contributed by atoms with Gasteiger partial charge in [0.05, 0.1) is 0 Å². The van der Waals surface area contributed by atoms with E-state index in [9.17, 15) is 9.90 Å². The molecule has 52 heavy (non-hydrogen) atoms. The van der Waals surface area contributed by atoms with Crippen LogP contribution in [-0.4, -0.2) is 15.9 Å². The molecule has 0 saturated heterocycles. The Kier molecular flexibility index (Phi) is 13.2. The summed E-state index contributed by atoms with van der Waals surface area (Å²) in [4.78, 5) is 19.8. The molecule has 3 heterocycles. The third-order valence-electron chi connectivity index (χ3n) is 11.2. The minimum atomic E-state index is -0.337. The van der Waals surface area contributed by atoms with Gasteiger partial charge in [-0.2, -0.15) is 0 Å².